The molecule has 0 radical (unpaired) electrons. The molecule has 1 atom stereocenters. The van der Waals surface area contributed by atoms with E-state index < -0.39 is 5.41 Å². The molecule has 0 rings (SSSR count). The van der Waals surface area contributed by atoms with Crippen LogP contribution in [0.4, 0.5) is 0 Å². The number of carbonyl (C=O) groups excluding carboxylic acids is 1. The van der Waals surface area contributed by atoms with Crippen molar-refractivity contribution in [1.29, 1.82) is 0 Å². The van der Waals surface area contributed by atoms with Crippen LogP contribution in [0, 0.1) is 5.41 Å². The van der Waals surface area contributed by atoms with Crippen molar-refractivity contribution in [1.82, 2.24) is 9.80 Å². The monoisotopic (exact) mass is 248 g/mol. The minimum atomic E-state index is -0.474. The molecule has 0 saturated heterocycles. The van der Waals surface area contributed by atoms with Crippen LogP contribution in [-0.4, -0.2) is 54.8 Å². The Labute approximate surface area is 105 Å². The molecule has 0 aromatic heterocycles. The zero-order chi connectivity index (χ0) is 12.9. The van der Waals surface area contributed by atoms with E-state index in [-0.39, 0.29) is 11.9 Å². The number of halogens is 1. The Morgan fingerprint density at radius 2 is 1.88 bits per heavy atom. The molecular weight excluding hydrogens is 224 g/mol. The number of hydrogen-bond donors (Lipinski definition) is 0. The summed E-state index contributed by atoms with van der Waals surface area (Å²) in [5, 5.41) is 0. The lowest BCUT2D eigenvalue weighted by atomic mass is 9.93. The zero-order valence-corrected chi connectivity index (χ0v) is 12.1. The Bertz CT molecular complexity index is 229. The number of alkyl halides is 1. The Balaban J connectivity index is 4.66. The van der Waals surface area contributed by atoms with Crippen molar-refractivity contribution >= 4 is 17.5 Å². The molecule has 0 fully saturated rings. The number of amides is 1. The number of hydrogen-bond acceptors (Lipinski definition) is 2. The minimum absolute atomic E-state index is 0.138. The lowest BCUT2D eigenvalue weighted by molar-refractivity contribution is -0.141. The summed E-state index contributed by atoms with van der Waals surface area (Å²) < 4.78 is 0. The van der Waals surface area contributed by atoms with E-state index >= 15 is 0 Å². The molecule has 0 aliphatic rings. The third-order valence-electron chi connectivity index (χ3n) is 2.68. The van der Waals surface area contributed by atoms with Gasteiger partial charge in [0.1, 0.15) is 0 Å². The first kappa shape index (κ1) is 15.7. The first-order valence-corrected chi connectivity index (χ1v) is 6.31. The van der Waals surface area contributed by atoms with Crippen LogP contribution in [0.2, 0.25) is 0 Å². The van der Waals surface area contributed by atoms with Crippen molar-refractivity contribution < 1.29 is 4.79 Å². The van der Waals surface area contributed by atoms with Crippen molar-refractivity contribution in [2.24, 2.45) is 5.41 Å². The van der Waals surface area contributed by atoms with Gasteiger partial charge in [0.15, 0.2) is 0 Å². The van der Waals surface area contributed by atoms with Crippen molar-refractivity contribution in [3.8, 4) is 0 Å². The average Bonchev–Trinajstić information content (AvgIpc) is 2.17. The summed E-state index contributed by atoms with van der Waals surface area (Å²) in [6.45, 7) is 9.48. The number of carbonyl (C=O) groups is 1. The lowest BCUT2D eigenvalue weighted by Gasteiger charge is -2.35. The SMILES string of the molecule is CCN(C(=O)C(C)(C)CCl)C(C)CN(C)C. The predicted octanol–water partition coefficient (Wildman–Crippen LogP) is 2.05. The van der Waals surface area contributed by atoms with Crippen LogP contribution in [0.1, 0.15) is 27.7 Å². The summed E-state index contributed by atoms with van der Waals surface area (Å²) in [5.74, 6) is 0.496. The average molecular weight is 249 g/mol. The Morgan fingerprint density at radius 1 is 1.38 bits per heavy atom. The number of rotatable bonds is 6. The largest absolute Gasteiger partial charge is 0.338 e. The highest BCUT2D eigenvalue weighted by Gasteiger charge is 2.32. The van der Waals surface area contributed by atoms with Crippen molar-refractivity contribution in [2.45, 2.75) is 33.7 Å². The molecular formula is C12H25ClN2O. The van der Waals surface area contributed by atoms with Gasteiger partial charge in [-0.1, -0.05) is 0 Å². The minimum Gasteiger partial charge on any atom is -0.338 e. The fraction of sp³-hybridized carbons (Fsp3) is 0.917. The summed E-state index contributed by atoms with van der Waals surface area (Å²) in [5.41, 5.74) is -0.474. The van der Waals surface area contributed by atoms with Gasteiger partial charge in [0.05, 0.1) is 5.41 Å². The molecule has 96 valence electrons. The molecule has 0 N–H and O–H groups in total. The number of nitrogens with zero attached hydrogens (tertiary/aromatic N) is 2. The molecule has 0 heterocycles. The molecule has 0 spiro atoms. The highest BCUT2D eigenvalue weighted by molar-refractivity contribution is 6.19. The number of likely N-dealkylation sites (N-methyl/N-ethyl adjacent to an activating group) is 2. The van der Waals surface area contributed by atoms with Crippen LogP contribution in [0.25, 0.3) is 0 Å². The summed E-state index contributed by atoms with van der Waals surface area (Å²) >= 11 is 5.84. The molecule has 1 unspecified atom stereocenters. The van der Waals surface area contributed by atoms with Gasteiger partial charge in [-0.25, -0.2) is 0 Å². The van der Waals surface area contributed by atoms with Crippen LogP contribution < -0.4 is 0 Å². The van der Waals surface area contributed by atoms with Gasteiger partial charge < -0.3 is 9.80 Å². The second-order valence-electron chi connectivity index (χ2n) is 5.22. The quantitative estimate of drug-likeness (QED) is 0.672. The van der Waals surface area contributed by atoms with Gasteiger partial charge in [-0.05, 0) is 41.8 Å². The Kier molecular flexibility index (Phi) is 6.34. The van der Waals surface area contributed by atoms with E-state index in [1.54, 1.807) is 0 Å². The van der Waals surface area contributed by atoms with E-state index in [9.17, 15) is 4.79 Å². The van der Waals surface area contributed by atoms with Crippen LogP contribution in [-0.2, 0) is 4.79 Å². The zero-order valence-electron chi connectivity index (χ0n) is 11.4. The van der Waals surface area contributed by atoms with Crippen LogP contribution >= 0.6 is 11.6 Å². The van der Waals surface area contributed by atoms with Crippen molar-refractivity contribution in [3.05, 3.63) is 0 Å². The lowest BCUT2D eigenvalue weighted by Crippen LogP contribution is -2.49. The third kappa shape index (κ3) is 4.30. The summed E-state index contributed by atoms with van der Waals surface area (Å²) in [6.07, 6.45) is 0. The molecule has 0 aromatic rings. The summed E-state index contributed by atoms with van der Waals surface area (Å²) in [7, 11) is 4.03. The van der Waals surface area contributed by atoms with Crippen LogP contribution in [0.5, 0.6) is 0 Å². The molecule has 16 heavy (non-hydrogen) atoms. The normalized spacial score (nSPS) is 14.0. The van der Waals surface area contributed by atoms with Gasteiger partial charge in [-0.15, -0.1) is 11.6 Å². The molecule has 0 aliphatic heterocycles. The third-order valence-corrected chi connectivity index (χ3v) is 3.34. The van der Waals surface area contributed by atoms with E-state index in [1.165, 1.54) is 0 Å². The van der Waals surface area contributed by atoms with E-state index in [2.05, 4.69) is 11.8 Å². The molecule has 3 nitrogen and oxygen atoms in total. The molecule has 0 aliphatic carbocycles. The first-order chi connectivity index (χ1) is 7.26. The maximum absolute atomic E-state index is 12.3. The van der Waals surface area contributed by atoms with Crippen LogP contribution in [0.15, 0.2) is 0 Å². The maximum atomic E-state index is 12.3. The van der Waals surface area contributed by atoms with E-state index in [1.807, 2.05) is 39.8 Å². The molecule has 1 amide bonds. The molecule has 0 saturated carbocycles. The predicted molar refractivity (Wildman–Crippen MR) is 69.9 cm³/mol. The fourth-order valence-electron chi connectivity index (χ4n) is 1.73. The van der Waals surface area contributed by atoms with Crippen LogP contribution in [0.3, 0.4) is 0 Å². The van der Waals surface area contributed by atoms with E-state index in [4.69, 9.17) is 11.6 Å². The first-order valence-electron chi connectivity index (χ1n) is 5.78. The van der Waals surface area contributed by atoms with Gasteiger partial charge in [-0.3, -0.25) is 4.79 Å². The fourth-order valence-corrected chi connectivity index (χ4v) is 1.84. The van der Waals surface area contributed by atoms with E-state index in [0.29, 0.717) is 5.88 Å². The molecule has 4 heteroatoms. The molecule has 0 bridgehead atoms. The Morgan fingerprint density at radius 3 is 2.19 bits per heavy atom. The highest BCUT2D eigenvalue weighted by atomic mass is 35.5. The highest BCUT2D eigenvalue weighted by Crippen LogP contribution is 2.22. The maximum Gasteiger partial charge on any atom is 0.229 e. The van der Waals surface area contributed by atoms with E-state index in [0.717, 1.165) is 13.1 Å². The summed E-state index contributed by atoms with van der Waals surface area (Å²) in [6, 6.07) is 0.218. The van der Waals surface area contributed by atoms with Gasteiger partial charge >= 0.3 is 0 Å². The second kappa shape index (κ2) is 6.45. The van der Waals surface area contributed by atoms with Gasteiger partial charge in [0.25, 0.3) is 0 Å². The molecule has 0 aromatic carbocycles. The second-order valence-corrected chi connectivity index (χ2v) is 5.49. The smallest absolute Gasteiger partial charge is 0.229 e. The topological polar surface area (TPSA) is 23.6 Å². The van der Waals surface area contributed by atoms with Gasteiger partial charge in [0, 0.05) is 25.0 Å². The van der Waals surface area contributed by atoms with Gasteiger partial charge in [0.2, 0.25) is 5.91 Å². The summed E-state index contributed by atoms with van der Waals surface area (Å²) in [4.78, 5) is 16.3. The standard InChI is InChI=1S/C12H25ClN2O/c1-7-15(10(2)8-14(5)6)11(16)12(3,4)9-13/h10H,7-9H2,1-6H3. The Hall–Kier alpha value is -0.280. The van der Waals surface area contributed by atoms with Crippen molar-refractivity contribution in [2.75, 3.05) is 33.1 Å². The van der Waals surface area contributed by atoms with Gasteiger partial charge in [-0.2, -0.15) is 0 Å². The van der Waals surface area contributed by atoms with Crippen molar-refractivity contribution in [3.63, 3.8) is 0 Å².